The highest BCUT2D eigenvalue weighted by molar-refractivity contribution is 5.68. The summed E-state index contributed by atoms with van der Waals surface area (Å²) in [5.74, 6) is 0.285. The SMILES string of the molecule is CC1(c2cccc(O)c2)Nc2ccccc2-n2cccc21. The van der Waals surface area contributed by atoms with Gasteiger partial charge in [0.25, 0.3) is 0 Å². The molecule has 1 aliphatic heterocycles. The lowest BCUT2D eigenvalue weighted by atomic mass is 9.86. The van der Waals surface area contributed by atoms with E-state index in [1.165, 1.54) is 0 Å². The second kappa shape index (κ2) is 4.16. The van der Waals surface area contributed by atoms with E-state index in [1.807, 2.05) is 30.3 Å². The number of hydrogen-bond acceptors (Lipinski definition) is 2. The molecular weight excluding hydrogens is 260 g/mol. The Kier molecular flexibility index (Phi) is 2.39. The van der Waals surface area contributed by atoms with Crippen LogP contribution in [0.5, 0.6) is 5.75 Å². The first-order chi connectivity index (χ1) is 10.2. The van der Waals surface area contributed by atoms with Gasteiger partial charge in [0.05, 0.1) is 17.1 Å². The Morgan fingerprint density at radius 3 is 2.71 bits per heavy atom. The maximum Gasteiger partial charge on any atom is 0.115 e. The summed E-state index contributed by atoms with van der Waals surface area (Å²) in [5, 5.41) is 13.4. The Labute approximate surface area is 123 Å². The van der Waals surface area contributed by atoms with Crippen molar-refractivity contribution in [3.63, 3.8) is 0 Å². The highest BCUT2D eigenvalue weighted by Gasteiger charge is 2.36. The lowest BCUT2D eigenvalue weighted by Gasteiger charge is -2.38. The van der Waals surface area contributed by atoms with Crippen LogP contribution in [-0.2, 0) is 5.54 Å². The summed E-state index contributed by atoms with van der Waals surface area (Å²) in [6.45, 7) is 2.14. The average Bonchev–Trinajstić information content (AvgIpc) is 2.98. The smallest absolute Gasteiger partial charge is 0.115 e. The molecule has 0 bridgehead atoms. The number of nitrogens with one attached hydrogen (secondary N) is 1. The van der Waals surface area contributed by atoms with E-state index in [0.717, 1.165) is 22.6 Å². The van der Waals surface area contributed by atoms with Crippen molar-refractivity contribution in [1.29, 1.82) is 0 Å². The lowest BCUT2D eigenvalue weighted by Crippen LogP contribution is -2.38. The molecule has 1 aromatic heterocycles. The minimum absolute atomic E-state index is 0.285. The second-order valence-electron chi connectivity index (χ2n) is 5.58. The molecule has 1 atom stereocenters. The summed E-state index contributed by atoms with van der Waals surface area (Å²) in [4.78, 5) is 0. The van der Waals surface area contributed by atoms with E-state index in [4.69, 9.17) is 0 Å². The Hall–Kier alpha value is -2.68. The molecule has 0 saturated carbocycles. The standard InChI is InChI=1S/C18H16N2O/c1-18(13-6-4-7-14(21)12-13)17-10-5-11-20(17)16-9-3-2-8-15(16)19-18/h2-12,19,21H,1H3. The zero-order valence-corrected chi connectivity index (χ0v) is 11.7. The van der Waals surface area contributed by atoms with E-state index >= 15 is 0 Å². The number of rotatable bonds is 1. The van der Waals surface area contributed by atoms with Gasteiger partial charge in [-0.1, -0.05) is 24.3 Å². The fourth-order valence-corrected chi connectivity index (χ4v) is 3.16. The molecule has 2 heterocycles. The molecule has 104 valence electrons. The summed E-state index contributed by atoms with van der Waals surface area (Å²) in [5.41, 5.74) is 4.06. The van der Waals surface area contributed by atoms with Crippen LogP contribution in [0.25, 0.3) is 5.69 Å². The van der Waals surface area contributed by atoms with Crippen molar-refractivity contribution < 1.29 is 5.11 Å². The summed E-state index contributed by atoms with van der Waals surface area (Å²) >= 11 is 0. The molecule has 1 aliphatic rings. The van der Waals surface area contributed by atoms with Crippen molar-refractivity contribution in [1.82, 2.24) is 4.57 Å². The van der Waals surface area contributed by atoms with Crippen LogP contribution in [0.4, 0.5) is 5.69 Å². The minimum Gasteiger partial charge on any atom is -0.508 e. The van der Waals surface area contributed by atoms with Crippen molar-refractivity contribution in [2.75, 3.05) is 5.32 Å². The van der Waals surface area contributed by atoms with Gasteiger partial charge in [-0.05, 0) is 48.9 Å². The fraction of sp³-hybridized carbons (Fsp3) is 0.111. The first kappa shape index (κ1) is 12.1. The largest absolute Gasteiger partial charge is 0.508 e. The summed E-state index contributed by atoms with van der Waals surface area (Å²) < 4.78 is 2.20. The number of nitrogens with zero attached hydrogens (tertiary/aromatic N) is 1. The number of phenolic OH excluding ortho intramolecular Hbond substituents is 1. The van der Waals surface area contributed by atoms with Crippen LogP contribution in [0.15, 0.2) is 66.9 Å². The van der Waals surface area contributed by atoms with Gasteiger partial charge in [-0.25, -0.2) is 0 Å². The molecule has 0 amide bonds. The highest BCUT2D eigenvalue weighted by Crippen LogP contribution is 2.41. The summed E-state index contributed by atoms with van der Waals surface area (Å²) in [7, 11) is 0. The molecule has 0 aliphatic carbocycles. The van der Waals surface area contributed by atoms with Crippen molar-refractivity contribution in [2.24, 2.45) is 0 Å². The normalized spacial score (nSPS) is 19.5. The van der Waals surface area contributed by atoms with Crippen LogP contribution in [0.3, 0.4) is 0 Å². The predicted molar refractivity (Wildman–Crippen MR) is 84.0 cm³/mol. The lowest BCUT2D eigenvalue weighted by molar-refractivity contribution is 0.472. The maximum absolute atomic E-state index is 9.82. The van der Waals surface area contributed by atoms with Crippen molar-refractivity contribution in [2.45, 2.75) is 12.5 Å². The molecule has 2 N–H and O–H groups in total. The molecule has 3 nitrogen and oxygen atoms in total. The van der Waals surface area contributed by atoms with Crippen molar-refractivity contribution in [3.05, 3.63) is 78.1 Å². The zero-order chi connectivity index (χ0) is 14.4. The monoisotopic (exact) mass is 276 g/mol. The van der Waals surface area contributed by atoms with Gasteiger partial charge in [-0.3, -0.25) is 0 Å². The van der Waals surface area contributed by atoms with Crippen LogP contribution in [0.1, 0.15) is 18.2 Å². The predicted octanol–water partition coefficient (Wildman–Crippen LogP) is 3.87. The Morgan fingerprint density at radius 1 is 1.00 bits per heavy atom. The Bertz CT molecular complexity index is 821. The van der Waals surface area contributed by atoms with Crippen LogP contribution in [0, 0.1) is 0 Å². The van der Waals surface area contributed by atoms with Gasteiger partial charge in [0, 0.05) is 6.20 Å². The van der Waals surface area contributed by atoms with Crippen molar-refractivity contribution >= 4 is 5.69 Å². The van der Waals surface area contributed by atoms with Gasteiger partial charge in [0.15, 0.2) is 0 Å². The highest BCUT2D eigenvalue weighted by atomic mass is 16.3. The molecule has 0 saturated heterocycles. The number of aromatic hydroxyl groups is 1. The van der Waals surface area contributed by atoms with Gasteiger partial charge in [0.1, 0.15) is 11.3 Å². The van der Waals surface area contributed by atoms with E-state index < -0.39 is 0 Å². The number of hydrogen-bond donors (Lipinski definition) is 2. The second-order valence-corrected chi connectivity index (χ2v) is 5.58. The molecule has 0 radical (unpaired) electrons. The number of phenols is 1. The minimum atomic E-state index is -0.378. The van der Waals surface area contributed by atoms with Crippen LogP contribution in [-0.4, -0.2) is 9.67 Å². The van der Waals surface area contributed by atoms with Gasteiger partial charge < -0.3 is 15.0 Å². The molecule has 4 rings (SSSR count). The van der Waals surface area contributed by atoms with Crippen LogP contribution >= 0.6 is 0 Å². The topological polar surface area (TPSA) is 37.2 Å². The molecule has 3 heteroatoms. The molecule has 1 unspecified atom stereocenters. The molecular formula is C18H16N2O. The molecule has 3 aromatic rings. The molecule has 0 fully saturated rings. The first-order valence-corrected chi connectivity index (χ1v) is 7.03. The van der Waals surface area contributed by atoms with Crippen LogP contribution in [0.2, 0.25) is 0 Å². The molecule has 0 spiro atoms. The van der Waals surface area contributed by atoms with Gasteiger partial charge >= 0.3 is 0 Å². The van der Waals surface area contributed by atoms with Crippen LogP contribution < -0.4 is 5.32 Å². The Morgan fingerprint density at radius 2 is 1.86 bits per heavy atom. The average molecular weight is 276 g/mol. The van der Waals surface area contributed by atoms with E-state index in [2.05, 4.69) is 47.3 Å². The van der Waals surface area contributed by atoms with Crippen molar-refractivity contribution in [3.8, 4) is 11.4 Å². The van der Waals surface area contributed by atoms with Gasteiger partial charge in [0.2, 0.25) is 0 Å². The van der Waals surface area contributed by atoms with Gasteiger partial charge in [-0.15, -0.1) is 0 Å². The number of benzene rings is 2. The first-order valence-electron chi connectivity index (χ1n) is 7.03. The third-order valence-corrected chi connectivity index (χ3v) is 4.23. The number of aromatic nitrogens is 1. The summed E-state index contributed by atoms with van der Waals surface area (Å²) in [6, 6.07) is 19.9. The summed E-state index contributed by atoms with van der Waals surface area (Å²) in [6.07, 6.45) is 2.08. The molecule has 21 heavy (non-hydrogen) atoms. The van der Waals surface area contributed by atoms with Gasteiger partial charge in [-0.2, -0.15) is 0 Å². The van der Waals surface area contributed by atoms with E-state index in [1.54, 1.807) is 6.07 Å². The quantitative estimate of drug-likeness (QED) is 0.708. The third-order valence-electron chi connectivity index (χ3n) is 4.23. The fourth-order valence-electron chi connectivity index (χ4n) is 3.16. The van der Waals surface area contributed by atoms with E-state index in [-0.39, 0.29) is 11.3 Å². The third kappa shape index (κ3) is 1.67. The zero-order valence-electron chi connectivity index (χ0n) is 11.7. The molecule has 2 aromatic carbocycles. The number of anilines is 1. The maximum atomic E-state index is 9.82. The number of para-hydroxylation sites is 2. The Balaban J connectivity index is 1.97. The van der Waals surface area contributed by atoms with E-state index in [0.29, 0.717) is 0 Å². The number of fused-ring (bicyclic) bond motifs is 3. The van der Waals surface area contributed by atoms with E-state index in [9.17, 15) is 5.11 Å².